The lowest BCUT2D eigenvalue weighted by atomic mass is 9.54. The number of likely N-dealkylation sites (N-methyl/N-ethyl adjacent to an activating group) is 1. The Morgan fingerprint density at radius 2 is 1.77 bits per heavy atom. The third-order valence-electron chi connectivity index (χ3n) is 7.46. The summed E-state index contributed by atoms with van der Waals surface area (Å²) in [6, 6.07) is 4.00. The van der Waals surface area contributed by atoms with Crippen LogP contribution in [0.1, 0.15) is 57.9 Å². The van der Waals surface area contributed by atoms with Gasteiger partial charge in [0.15, 0.2) is 5.75 Å². The first-order chi connectivity index (χ1) is 16.7. The highest BCUT2D eigenvalue weighted by molar-refractivity contribution is 6.01. The molecule has 5 rings (SSSR count). The van der Waals surface area contributed by atoms with Crippen LogP contribution in [0, 0.1) is 39.2 Å². The number of rotatable bonds is 7. The molecule has 0 spiro atoms. The van der Waals surface area contributed by atoms with Crippen molar-refractivity contribution in [2.24, 2.45) is 17.8 Å². The van der Waals surface area contributed by atoms with Crippen molar-refractivity contribution in [2.45, 2.75) is 58.0 Å². The number of ether oxygens (including phenoxy) is 2. The third-order valence-corrected chi connectivity index (χ3v) is 7.46. The van der Waals surface area contributed by atoms with Gasteiger partial charge in [-0.3, -0.25) is 14.9 Å². The number of aromatic hydroxyl groups is 1. The average molecular weight is 484 g/mol. The van der Waals surface area contributed by atoms with Crippen molar-refractivity contribution in [3.8, 4) is 17.6 Å². The molecular formula is C25H29N3O7. The fourth-order valence-corrected chi connectivity index (χ4v) is 6.35. The normalized spacial score (nSPS) is 26.7. The second-order valence-electron chi connectivity index (χ2n) is 9.85. The summed E-state index contributed by atoms with van der Waals surface area (Å²) in [4.78, 5) is 37.4. The van der Waals surface area contributed by atoms with Crippen molar-refractivity contribution in [2.75, 3.05) is 13.1 Å². The standard InChI is InChI=1S/C25H29N3O7/c1-3-27(4-2)23(30)19(14-26)8-15-9-20(28(32)33)22(29)21(10-15)34-24(31)35-25-11-16-5-17(12-25)7-18(6-16)13-25/h8-10,16-18,29H,3-7,11-13H2,1-2H3. The van der Waals surface area contributed by atoms with Crippen LogP contribution in [-0.2, 0) is 9.53 Å². The summed E-state index contributed by atoms with van der Waals surface area (Å²) in [7, 11) is 0. The van der Waals surface area contributed by atoms with Gasteiger partial charge in [0.25, 0.3) is 5.91 Å². The van der Waals surface area contributed by atoms with Crippen LogP contribution in [-0.4, -0.2) is 45.7 Å². The molecular weight excluding hydrogens is 454 g/mol. The molecule has 1 aromatic carbocycles. The second-order valence-corrected chi connectivity index (χ2v) is 9.85. The Kier molecular flexibility index (Phi) is 6.70. The lowest BCUT2D eigenvalue weighted by molar-refractivity contribution is -0.385. The van der Waals surface area contributed by atoms with Crippen LogP contribution in [0.2, 0.25) is 0 Å². The van der Waals surface area contributed by atoms with Gasteiger partial charge in [0.2, 0.25) is 5.75 Å². The molecule has 4 bridgehead atoms. The van der Waals surface area contributed by atoms with Gasteiger partial charge in [-0.25, -0.2) is 4.79 Å². The number of nitrogens with zero attached hydrogens (tertiary/aromatic N) is 3. The van der Waals surface area contributed by atoms with Crippen LogP contribution >= 0.6 is 0 Å². The highest BCUT2D eigenvalue weighted by Crippen LogP contribution is 2.57. The molecule has 1 aromatic rings. The van der Waals surface area contributed by atoms with Crippen LogP contribution in [0.25, 0.3) is 6.08 Å². The van der Waals surface area contributed by atoms with E-state index in [1.807, 2.05) is 6.07 Å². The third kappa shape index (κ3) is 4.94. The lowest BCUT2D eigenvalue weighted by Gasteiger charge is -2.55. The summed E-state index contributed by atoms with van der Waals surface area (Å²) in [6.45, 7) is 4.30. The fourth-order valence-electron chi connectivity index (χ4n) is 6.35. The molecule has 35 heavy (non-hydrogen) atoms. The molecule has 4 fully saturated rings. The molecule has 0 atom stereocenters. The Morgan fingerprint density at radius 1 is 1.20 bits per heavy atom. The zero-order valence-electron chi connectivity index (χ0n) is 19.9. The van der Waals surface area contributed by atoms with E-state index in [0.717, 1.165) is 44.6 Å². The topological polar surface area (TPSA) is 143 Å². The predicted octanol–water partition coefficient (Wildman–Crippen LogP) is 4.56. The van der Waals surface area contributed by atoms with Crippen LogP contribution in [0.15, 0.2) is 17.7 Å². The van der Waals surface area contributed by atoms with E-state index in [9.17, 15) is 30.1 Å². The molecule has 0 heterocycles. The number of carbonyl (C=O) groups is 2. The maximum Gasteiger partial charge on any atom is 0.514 e. The number of hydrogen-bond acceptors (Lipinski definition) is 8. The molecule has 4 aliphatic carbocycles. The van der Waals surface area contributed by atoms with Crippen LogP contribution < -0.4 is 4.74 Å². The number of nitro groups is 1. The second kappa shape index (κ2) is 9.56. The first-order valence-electron chi connectivity index (χ1n) is 12.0. The van der Waals surface area contributed by atoms with E-state index in [1.54, 1.807) is 13.8 Å². The molecule has 0 radical (unpaired) electrons. The number of phenols is 1. The molecule has 0 saturated heterocycles. The molecule has 0 unspecified atom stereocenters. The van der Waals surface area contributed by atoms with Crippen molar-refractivity contribution < 1.29 is 29.1 Å². The maximum absolute atomic E-state index is 12.7. The minimum Gasteiger partial charge on any atom is -0.499 e. The number of nitro benzene ring substituents is 1. The van der Waals surface area contributed by atoms with Crippen molar-refractivity contribution in [3.63, 3.8) is 0 Å². The summed E-state index contributed by atoms with van der Waals surface area (Å²) in [6.07, 6.45) is 5.96. The first-order valence-corrected chi connectivity index (χ1v) is 12.0. The van der Waals surface area contributed by atoms with Gasteiger partial charge in [-0.15, -0.1) is 0 Å². The minimum atomic E-state index is -1.03. The molecule has 4 aliphatic rings. The van der Waals surface area contributed by atoms with E-state index in [4.69, 9.17) is 9.47 Å². The van der Waals surface area contributed by atoms with Gasteiger partial charge in [-0.05, 0) is 87.8 Å². The monoisotopic (exact) mass is 483 g/mol. The number of nitriles is 1. The molecule has 10 heteroatoms. The number of carbonyl (C=O) groups excluding carboxylic acids is 2. The van der Waals surface area contributed by atoms with Gasteiger partial charge >= 0.3 is 11.8 Å². The van der Waals surface area contributed by atoms with Crippen molar-refractivity contribution in [1.29, 1.82) is 5.26 Å². The maximum atomic E-state index is 12.7. The Morgan fingerprint density at radius 3 is 2.26 bits per heavy atom. The Hall–Kier alpha value is -3.61. The molecule has 4 saturated carbocycles. The van der Waals surface area contributed by atoms with E-state index < -0.39 is 39.8 Å². The zero-order chi connectivity index (χ0) is 25.3. The van der Waals surface area contributed by atoms with Gasteiger partial charge in [0.05, 0.1) is 4.92 Å². The summed E-state index contributed by atoms with van der Waals surface area (Å²) in [5.74, 6) is -0.230. The summed E-state index contributed by atoms with van der Waals surface area (Å²) < 4.78 is 11.0. The van der Waals surface area contributed by atoms with Gasteiger partial charge in [-0.1, -0.05) is 0 Å². The number of amides is 1. The number of benzene rings is 1. The summed E-state index contributed by atoms with van der Waals surface area (Å²) in [5.41, 5.74) is -1.49. The highest BCUT2D eigenvalue weighted by Gasteiger charge is 2.53. The van der Waals surface area contributed by atoms with Gasteiger partial charge in [-0.2, -0.15) is 5.26 Å². The number of phenolic OH excluding ortho intramolecular Hbond substituents is 1. The van der Waals surface area contributed by atoms with Crippen molar-refractivity contribution >= 4 is 23.8 Å². The van der Waals surface area contributed by atoms with Crippen molar-refractivity contribution in [3.05, 3.63) is 33.4 Å². The SMILES string of the molecule is CCN(CC)C(=O)C(C#N)=Cc1cc(OC(=O)OC23CC4CC(CC(C4)C2)C3)c(O)c([N+](=O)[O-])c1. The van der Waals surface area contributed by atoms with E-state index in [0.29, 0.717) is 30.8 Å². The molecule has 10 nitrogen and oxygen atoms in total. The minimum absolute atomic E-state index is 0.0594. The molecule has 0 aliphatic heterocycles. The quantitative estimate of drug-likeness (QED) is 0.148. The largest absolute Gasteiger partial charge is 0.514 e. The van der Waals surface area contributed by atoms with E-state index >= 15 is 0 Å². The van der Waals surface area contributed by atoms with Crippen LogP contribution in [0.5, 0.6) is 11.5 Å². The number of hydrogen-bond donors (Lipinski definition) is 1. The van der Waals surface area contributed by atoms with Gasteiger partial charge in [0.1, 0.15) is 17.2 Å². The molecule has 186 valence electrons. The van der Waals surface area contributed by atoms with Crippen LogP contribution in [0.4, 0.5) is 10.5 Å². The van der Waals surface area contributed by atoms with E-state index in [2.05, 4.69) is 0 Å². The van der Waals surface area contributed by atoms with Gasteiger partial charge < -0.3 is 19.5 Å². The Bertz CT molecular complexity index is 1080. The zero-order valence-corrected chi connectivity index (χ0v) is 19.9. The first kappa shape index (κ1) is 24.5. The lowest BCUT2D eigenvalue weighted by Crippen LogP contribution is -2.53. The van der Waals surface area contributed by atoms with Crippen LogP contribution in [0.3, 0.4) is 0 Å². The average Bonchev–Trinajstić information content (AvgIpc) is 2.78. The van der Waals surface area contributed by atoms with Gasteiger partial charge in [0, 0.05) is 19.2 Å². The Balaban J connectivity index is 1.59. The smallest absolute Gasteiger partial charge is 0.499 e. The highest BCUT2D eigenvalue weighted by atomic mass is 16.7. The fraction of sp³-hybridized carbons (Fsp3) is 0.560. The van der Waals surface area contributed by atoms with E-state index in [1.165, 1.54) is 17.0 Å². The summed E-state index contributed by atoms with van der Waals surface area (Å²) >= 11 is 0. The molecule has 1 amide bonds. The summed E-state index contributed by atoms with van der Waals surface area (Å²) in [5, 5.41) is 31.4. The molecule has 1 N–H and O–H groups in total. The predicted molar refractivity (Wildman–Crippen MR) is 124 cm³/mol. The van der Waals surface area contributed by atoms with E-state index in [-0.39, 0.29) is 11.1 Å². The molecule has 0 aromatic heterocycles. The van der Waals surface area contributed by atoms with Crippen molar-refractivity contribution in [1.82, 2.24) is 4.90 Å². The Labute approximate surface area is 203 Å².